The lowest BCUT2D eigenvalue weighted by Crippen LogP contribution is -2.42. The van der Waals surface area contributed by atoms with Gasteiger partial charge < -0.3 is 15.0 Å². The minimum absolute atomic E-state index is 0.00437. The molecule has 1 aromatic rings. The summed E-state index contributed by atoms with van der Waals surface area (Å²) in [7, 11) is 0. The van der Waals surface area contributed by atoms with E-state index in [4.69, 9.17) is 4.74 Å². The molecule has 1 unspecified atom stereocenters. The SMILES string of the molecule is O=C(CN1C(=O)CCSc2ccccc21)NCC1CCCO1. The molecule has 0 aromatic heterocycles. The van der Waals surface area contributed by atoms with Gasteiger partial charge in [-0.05, 0) is 25.0 Å². The Morgan fingerprint density at radius 3 is 3.09 bits per heavy atom. The topological polar surface area (TPSA) is 58.6 Å². The highest BCUT2D eigenvalue weighted by atomic mass is 32.2. The molecular weight excluding hydrogens is 300 g/mol. The number of nitrogens with one attached hydrogen (secondary N) is 1. The minimum atomic E-state index is -0.134. The molecule has 2 amide bonds. The molecule has 2 aliphatic rings. The van der Waals surface area contributed by atoms with Crippen molar-refractivity contribution in [2.24, 2.45) is 0 Å². The molecule has 0 bridgehead atoms. The third kappa shape index (κ3) is 3.62. The Balaban J connectivity index is 1.64. The van der Waals surface area contributed by atoms with E-state index in [0.29, 0.717) is 13.0 Å². The fourth-order valence-electron chi connectivity index (χ4n) is 2.73. The second-order valence-electron chi connectivity index (χ2n) is 5.49. The quantitative estimate of drug-likeness (QED) is 0.919. The highest BCUT2D eigenvalue weighted by Crippen LogP contribution is 2.33. The van der Waals surface area contributed by atoms with Crippen LogP contribution in [0.1, 0.15) is 19.3 Å². The summed E-state index contributed by atoms with van der Waals surface area (Å²) in [4.78, 5) is 27.1. The Bertz CT molecular complexity index is 558. The van der Waals surface area contributed by atoms with Crippen LogP contribution >= 0.6 is 11.8 Å². The van der Waals surface area contributed by atoms with E-state index in [1.807, 2.05) is 24.3 Å². The van der Waals surface area contributed by atoms with Crippen LogP contribution in [0.25, 0.3) is 0 Å². The van der Waals surface area contributed by atoms with Crippen molar-refractivity contribution in [2.45, 2.75) is 30.3 Å². The van der Waals surface area contributed by atoms with Crippen LogP contribution in [-0.4, -0.2) is 43.4 Å². The first-order chi connectivity index (χ1) is 10.7. The number of rotatable bonds is 4. The van der Waals surface area contributed by atoms with Gasteiger partial charge in [-0.2, -0.15) is 0 Å². The molecule has 6 heteroatoms. The van der Waals surface area contributed by atoms with Crippen molar-refractivity contribution in [1.82, 2.24) is 5.32 Å². The maximum atomic E-state index is 12.3. The number of hydrogen-bond donors (Lipinski definition) is 1. The predicted molar refractivity (Wildman–Crippen MR) is 86.1 cm³/mol. The Labute approximate surface area is 134 Å². The van der Waals surface area contributed by atoms with Gasteiger partial charge in [-0.3, -0.25) is 9.59 Å². The van der Waals surface area contributed by atoms with E-state index in [9.17, 15) is 9.59 Å². The molecule has 1 fully saturated rings. The van der Waals surface area contributed by atoms with Crippen LogP contribution in [0, 0.1) is 0 Å². The molecule has 22 heavy (non-hydrogen) atoms. The zero-order valence-electron chi connectivity index (χ0n) is 12.4. The average molecular weight is 320 g/mol. The number of thioether (sulfide) groups is 1. The van der Waals surface area contributed by atoms with Crippen LogP contribution in [0.2, 0.25) is 0 Å². The van der Waals surface area contributed by atoms with Crippen molar-refractivity contribution in [1.29, 1.82) is 0 Å². The van der Waals surface area contributed by atoms with Crippen LogP contribution in [0.5, 0.6) is 0 Å². The van der Waals surface area contributed by atoms with Gasteiger partial charge >= 0.3 is 0 Å². The molecule has 1 atom stereocenters. The van der Waals surface area contributed by atoms with E-state index in [0.717, 1.165) is 35.8 Å². The number of hydrogen-bond acceptors (Lipinski definition) is 4. The minimum Gasteiger partial charge on any atom is -0.376 e. The maximum Gasteiger partial charge on any atom is 0.240 e. The number of benzene rings is 1. The first kappa shape index (κ1) is 15.4. The summed E-state index contributed by atoms with van der Waals surface area (Å²) in [6.45, 7) is 1.37. The normalized spacial score (nSPS) is 21.4. The Morgan fingerprint density at radius 1 is 1.41 bits per heavy atom. The van der Waals surface area contributed by atoms with Crippen molar-refractivity contribution >= 4 is 29.3 Å². The monoisotopic (exact) mass is 320 g/mol. The predicted octanol–water partition coefficient (Wildman–Crippen LogP) is 1.81. The number of carbonyl (C=O) groups excluding carboxylic acids is 2. The average Bonchev–Trinajstić information content (AvgIpc) is 2.99. The Hall–Kier alpha value is -1.53. The first-order valence-corrected chi connectivity index (χ1v) is 8.63. The van der Waals surface area contributed by atoms with Gasteiger partial charge in [0.2, 0.25) is 11.8 Å². The summed E-state index contributed by atoms with van der Waals surface area (Å²) in [5.41, 5.74) is 0.835. The first-order valence-electron chi connectivity index (χ1n) is 7.64. The number of amides is 2. The van der Waals surface area contributed by atoms with Gasteiger partial charge in [-0.1, -0.05) is 12.1 Å². The lowest BCUT2D eigenvalue weighted by atomic mass is 10.2. The number of nitrogens with zero attached hydrogens (tertiary/aromatic N) is 1. The van der Waals surface area contributed by atoms with E-state index >= 15 is 0 Å². The lowest BCUT2D eigenvalue weighted by molar-refractivity contribution is -0.124. The summed E-state index contributed by atoms with van der Waals surface area (Å²) in [5.74, 6) is 0.624. The summed E-state index contributed by atoms with van der Waals surface area (Å²) < 4.78 is 5.49. The van der Waals surface area contributed by atoms with Crippen molar-refractivity contribution in [3.8, 4) is 0 Å². The van der Waals surface area contributed by atoms with Gasteiger partial charge in [0.1, 0.15) is 6.54 Å². The second kappa shape index (κ2) is 7.15. The summed E-state index contributed by atoms with van der Waals surface area (Å²) in [6.07, 6.45) is 2.61. The highest BCUT2D eigenvalue weighted by Gasteiger charge is 2.25. The van der Waals surface area contributed by atoms with E-state index in [1.165, 1.54) is 0 Å². The Kier molecular flexibility index (Phi) is 5.00. The molecule has 5 nitrogen and oxygen atoms in total. The number of para-hydroxylation sites is 1. The summed E-state index contributed by atoms with van der Waals surface area (Å²) >= 11 is 1.66. The molecule has 0 saturated carbocycles. The number of fused-ring (bicyclic) bond motifs is 1. The van der Waals surface area contributed by atoms with Crippen molar-refractivity contribution in [2.75, 3.05) is 30.3 Å². The van der Waals surface area contributed by atoms with Crippen molar-refractivity contribution in [3.63, 3.8) is 0 Å². The zero-order valence-corrected chi connectivity index (χ0v) is 13.2. The largest absolute Gasteiger partial charge is 0.376 e. The molecule has 3 rings (SSSR count). The molecule has 2 heterocycles. The van der Waals surface area contributed by atoms with Crippen LogP contribution in [0.4, 0.5) is 5.69 Å². The zero-order chi connectivity index (χ0) is 15.4. The molecule has 1 saturated heterocycles. The van der Waals surface area contributed by atoms with Gasteiger partial charge in [-0.15, -0.1) is 11.8 Å². The van der Waals surface area contributed by atoms with Gasteiger partial charge in [0.05, 0.1) is 11.8 Å². The van der Waals surface area contributed by atoms with Gasteiger partial charge in [0, 0.05) is 30.2 Å². The van der Waals surface area contributed by atoms with Crippen LogP contribution < -0.4 is 10.2 Å². The number of ether oxygens (including phenoxy) is 1. The fraction of sp³-hybridized carbons (Fsp3) is 0.500. The van der Waals surface area contributed by atoms with E-state index < -0.39 is 0 Å². The standard InChI is InChI=1S/C16H20N2O3S/c19-15(17-10-12-4-3-8-21-12)11-18-13-5-1-2-6-14(13)22-9-7-16(18)20/h1-2,5-6,12H,3-4,7-11H2,(H,17,19). The molecule has 1 N–H and O–H groups in total. The molecule has 118 valence electrons. The number of carbonyl (C=O) groups is 2. The fourth-order valence-corrected chi connectivity index (χ4v) is 3.72. The highest BCUT2D eigenvalue weighted by molar-refractivity contribution is 7.99. The molecule has 1 aromatic carbocycles. The number of anilines is 1. The third-order valence-electron chi connectivity index (χ3n) is 3.88. The smallest absolute Gasteiger partial charge is 0.240 e. The maximum absolute atomic E-state index is 12.3. The van der Waals surface area contributed by atoms with Crippen LogP contribution in [0.15, 0.2) is 29.2 Å². The molecule has 0 aliphatic carbocycles. The van der Waals surface area contributed by atoms with Crippen molar-refractivity contribution < 1.29 is 14.3 Å². The molecule has 0 spiro atoms. The van der Waals surface area contributed by atoms with Crippen LogP contribution in [0.3, 0.4) is 0 Å². The molecule has 2 aliphatic heterocycles. The van der Waals surface area contributed by atoms with Crippen LogP contribution in [-0.2, 0) is 14.3 Å². The van der Waals surface area contributed by atoms with Gasteiger partial charge in [-0.25, -0.2) is 0 Å². The molecular formula is C16H20N2O3S. The van der Waals surface area contributed by atoms with Gasteiger partial charge in [0.25, 0.3) is 0 Å². The van der Waals surface area contributed by atoms with E-state index in [-0.39, 0.29) is 24.5 Å². The lowest BCUT2D eigenvalue weighted by Gasteiger charge is -2.22. The summed E-state index contributed by atoms with van der Waals surface area (Å²) in [5, 5.41) is 2.88. The van der Waals surface area contributed by atoms with Crippen molar-refractivity contribution in [3.05, 3.63) is 24.3 Å². The van der Waals surface area contributed by atoms with Gasteiger partial charge in [0.15, 0.2) is 0 Å². The second-order valence-corrected chi connectivity index (χ2v) is 6.62. The van der Waals surface area contributed by atoms with E-state index in [1.54, 1.807) is 16.7 Å². The molecule has 0 radical (unpaired) electrons. The Morgan fingerprint density at radius 2 is 2.27 bits per heavy atom. The summed E-state index contributed by atoms with van der Waals surface area (Å²) in [6, 6.07) is 7.75. The van der Waals surface area contributed by atoms with E-state index in [2.05, 4.69) is 5.32 Å². The third-order valence-corrected chi connectivity index (χ3v) is 4.95.